The first-order chi connectivity index (χ1) is 17.6. The number of aromatic amines is 1. The highest BCUT2D eigenvalue weighted by Gasteiger charge is 2.62. The van der Waals surface area contributed by atoms with Gasteiger partial charge in [0.2, 0.25) is 0 Å². The molecular formula is C31H43ClN2O3. The zero-order valence-corrected chi connectivity index (χ0v) is 23.3. The highest BCUT2D eigenvalue weighted by Crippen LogP contribution is 2.68. The third kappa shape index (κ3) is 4.19. The number of fused-ring (bicyclic) bond motifs is 6. The summed E-state index contributed by atoms with van der Waals surface area (Å²) >= 11 is 6.07. The molecule has 0 spiro atoms. The Balaban J connectivity index is 1.18. The fourth-order valence-corrected chi connectivity index (χ4v) is 10.2. The number of halogens is 1. The molecule has 4 fully saturated rings. The lowest BCUT2D eigenvalue weighted by Crippen LogP contribution is -2.58. The van der Waals surface area contributed by atoms with Crippen molar-refractivity contribution in [3.05, 3.63) is 39.4 Å². The fourth-order valence-electron chi connectivity index (χ4n) is 10.0. The van der Waals surface area contributed by atoms with Gasteiger partial charge in [-0.15, -0.1) is 0 Å². The second kappa shape index (κ2) is 9.34. The molecule has 1 unspecified atom stereocenters. The van der Waals surface area contributed by atoms with E-state index in [1.807, 2.05) is 6.07 Å². The van der Waals surface area contributed by atoms with E-state index in [2.05, 4.69) is 25.8 Å². The zero-order valence-electron chi connectivity index (χ0n) is 22.5. The van der Waals surface area contributed by atoms with Crippen LogP contribution in [0.1, 0.15) is 84.4 Å². The van der Waals surface area contributed by atoms with Gasteiger partial charge in [0.1, 0.15) is 5.82 Å². The SMILES string of the molecule is C[C@H](CCc1nc2ccc(Cl)cc2c(=O)[nH]1)[C@H]1CC[C@H]2[C@H]3C(CC[C@]12C)[C@@]1(C)CC[C@@H](O)C[C@H]1C[C@@H]3O. The smallest absolute Gasteiger partial charge is 0.258 e. The molecule has 1 aromatic carbocycles. The molecule has 4 aliphatic carbocycles. The lowest BCUT2D eigenvalue weighted by molar-refractivity contribution is -0.174. The average Bonchev–Trinajstić information content (AvgIpc) is 3.21. The quantitative estimate of drug-likeness (QED) is 0.447. The molecule has 0 aliphatic heterocycles. The first-order valence-electron chi connectivity index (χ1n) is 14.6. The maximum absolute atomic E-state index is 12.6. The lowest BCUT2D eigenvalue weighted by atomic mass is 9.43. The number of aliphatic hydroxyl groups excluding tert-OH is 2. The van der Waals surface area contributed by atoms with Crippen molar-refractivity contribution in [3.63, 3.8) is 0 Å². The largest absolute Gasteiger partial charge is 0.393 e. The number of aliphatic hydroxyl groups is 2. The van der Waals surface area contributed by atoms with E-state index in [9.17, 15) is 15.0 Å². The van der Waals surface area contributed by atoms with Crippen LogP contribution in [0, 0.1) is 46.3 Å². The molecule has 1 heterocycles. The van der Waals surface area contributed by atoms with E-state index in [1.165, 1.54) is 25.7 Å². The Hall–Kier alpha value is -1.43. The molecule has 2 aromatic rings. The molecule has 4 saturated carbocycles. The van der Waals surface area contributed by atoms with Crippen molar-refractivity contribution in [1.82, 2.24) is 9.97 Å². The Kier molecular flexibility index (Phi) is 6.52. The van der Waals surface area contributed by atoms with Gasteiger partial charge in [0.25, 0.3) is 5.56 Å². The number of rotatable bonds is 4. The number of benzene rings is 1. The van der Waals surface area contributed by atoms with E-state index >= 15 is 0 Å². The van der Waals surface area contributed by atoms with E-state index in [4.69, 9.17) is 16.6 Å². The maximum atomic E-state index is 12.6. The van der Waals surface area contributed by atoms with Crippen molar-refractivity contribution >= 4 is 22.5 Å². The van der Waals surface area contributed by atoms with Crippen LogP contribution in [-0.2, 0) is 6.42 Å². The van der Waals surface area contributed by atoms with Crippen molar-refractivity contribution < 1.29 is 10.2 Å². The molecule has 202 valence electrons. The van der Waals surface area contributed by atoms with Gasteiger partial charge in [0, 0.05) is 11.4 Å². The summed E-state index contributed by atoms with van der Waals surface area (Å²) < 4.78 is 0. The molecule has 0 radical (unpaired) electrons. The van der Waals surface area contributed by atoms with Gasteiger partial charge < -0.3 is 15.2 Å². The Bertz CT molecular complexity index is 1230. The number of aryl methyl sites for hydroxylation is 1. The molecule has 6 heteroatoms. The normalized spacial score (nSPS) is 42.2. The average molecular weight is 527 g/mol. The Morgan fingerprint density at radius 2 is 1.84 bits per heavy atom. The predicted octanol–water partition coefficient (Wildman–Crippen LogP) is 6.14. The Labute approximate surface area is 225 Å². The number of H-pyrrole nitrogens is 1. The van der Waals surface area contributed by atoms with E-state index in [1.54, 1.807) is 12.1 Å². The lowest BCUT2D eigenvalue weighted by Gasteiger charge is -2.62. The van der Waals surface area contributed by atoms with Crippen molar-refractivity contribution in [1.29, 1.82) is 0 Å². The molecule has 6 rings (SSSR count). The van der Waals surface area contributed by atoms with Gasteiger partial charge in [-0.2, -0.15) is 0 Å². The molecule has 0 amide bonds. The van der Waals surface area contributed by atoms with Crippen molar-refractivity contribution in [2.75, 3.05) is 0 Å². The second-order valence-corrected chi connectivity index (χ2v) is 14.1. The van der Waals surface area contributed by atoms with Gasteiger partial charge in [-0.1, -0.05) is 32.4 Å². The summed E-state index contributed by atoms with van der Waals surface area (Å²) in [6.45, 7) is 7.39. The molecule has 3 N–H and O–H groups in total. The third-order valence-electron chi connectivity index (χ3n) is 12.0. The summed E-state index contributed by atoms with van der Waals surface area (Å²) in [7, 11) is 0. The van der Waals surface area contributed by atoms with Crippen LogP contribution in [0.4, 0.5) is 0 Å². The van der Waals surface area contributed by atoms with Crippen molar-refractivity contribution in [3.8, 4) is 0 Å². The van der Waals surface area contributed by atoms with Crippen molar-refractivity contribution in [2.24, 2.45) is 46.3 Å². The molecule has 37 heavy (non-hydrogen) atoms. The highest BCUT2D eigenvalue weighted by atomic mass is 35.5. The second-order valence-electron chi connectivity index (χ2n) is 13.6. The topological polar surface area (TPSA) is 86.2 Å². The van der Waals surface area contributed by atoms with E-state index in [0.717, 1.165) is 44.3 Å². The standard InChI is InChI=1S/C31H43ClN2O3/c1-17(4-9-27-33-25-8-5-19(32)16-21(25)29(37)34-27)22-6-7-23-28-24(11-13-31(22,23)3)30(2)12-10-20(35)14-18(30)15-26(28)36/h5,8,16-18,20,22-24,26,28,35-36H,4,6-7,9-15H2,1-3H3,(H,33,34,37)/t17-,18+,20-,22-,23+,24?,26+,28+,30+,31-/m1/s1. The first-order valence-corrected chi connectivity index (χ1v) is 15.0. The van der Waals surface area contributed by atoms with Crippen LogP contribution < -0.4 is 5.56 Å². The third-order valence-corrected chi connectivity index (χ3v) is 12.2. The van der Waals surface area contributed by atoms with E-state index in [0.29, 0.717) is 51.4 Å². The monoisotopic (exact) mass is 526 g/mol. The minimum absolute atomic E-state index is 0.116. The minimum Gasteiger partial charge on any atom is -0.393 e. The van der Waals surface area contributed by atoms with Gasteiger partial charge in [-0.25, -0.2) is 4.98 Å². The van der Waals surface area contributed by atoms with Crippen LogP contribution in [0.5, 0.6) is 0 Å². The molecule has 10 atom stereocenters. The van der Waals surface area contributed by atoms with E-state index in [-0.39, 0.29) is 28.6 Å². The molecule has 5 nitrogen and oxygen atoms in total. The van der Waals surface area contributed by atoms with Gasteiger partial charge in [-0.3, -0.25) is 4.79 Å². The molecule has 0 saturated heterocycles. The molecule has 0 bridgehead atoms. The van der Waals surface area contributed by atoms with Crippen LogP contribution in [-0.4, -0.2) is 32.4 Å². The molecular weight excluding hydrogens is 484 g/mol. The summed E-state index contributed by atoms with van der Waals surface area (Å²) in [5.41, 5.74) is 1.12. The number of hydrogen-bond donors (Lipinski definition) is 3. The Morgan fingerprint density at radius 1 is 1.08 bits per heavy atom. The zero-order chi connectivity index (χ0) is 26.1. The molecule has 1 aromatic heterocycles. The van der Waals surface area contributed by atoms with Crippen molar-refractivity contribution in [2.45, 2.75) is 97.2 Å². The van der Waals surface area contributed by atoms with Gasteiger partial charge in [0.15, 0.2) is 0 Å². The van der Waals surface area contributed by atoms with Gasteiger partial charge in [-0.05, 0) is 122 Å². The fraction of sp³-hybridized carbons (Fsp3) is 0.742. The summed E-state index contributed by atoms with van der Waals surface area (Å²) in [5, 5.41) is 22.9. The number of aromatic nitrogens is 2. The first kappa shape index (κ1) is 25.8. The minimum atomic E-state index is -0.229. The summed E-state index contributed by atoms with van der Waals surface area (Å²) in [6.07, 6.45) is 10.0. The highest BCUT2D eigenvalue weighted by molar-refractivity contribution is 6.31. The predicted molar refractivity (Wildman–Crippen MR) is 147 cm³/mol. The Morgan fingerprint density at radius 3 is 2.65 bits per heavy atom. The maximum Gasteiger partial charge on any atom is 0.258 e. The van der Waals surface area contributed by atoms with Crippen LogP contribution in [0.2, 0.25) is 5.02 Å². The number of nitrogens with zero attached hydrogens (tertiary/aromatic N) is 1. The number of hydrogen-bond acceptors (Lipinski definition) is 4. The van der Waals surface area contributed by atoms with Crippen LogP contribution in [0.3, 0.4) is 0 Å². The van der Waals surface area contributed by atoms with Crippen LogP contribution in [0.25, 0.3) is 10.9 Å². The van der Waals surface area contributed by atoms with Crippen LogP contribution >= 0.6 is 11.6 Å². The van der Waals surface area contributed by atoms with Crippen LogP contribution in [0.15, 0.2) is 23.0 Å². The van der Waals surface area contributed by atoms with Gasteiger partial charge >= 0.3 is 0 Å². The van der Waals surface area contributed by atoms with Gasteiger partial charge in [0.05, 0.1) is 23.1 Å². The molecule has 4 aliphatic rings. The van der Waals surface area contributed by atoms with E-state index < -0.39 is 0 Å². The summed E-state index contributed by atoms with van der Waals surface area (Å²) in [5.74, 6) is 3.96. The number of nitrogens with one attached hydrogen (secondary N) is 1. The summed E-state index contributed by atoms with van der Waals surface area (Å²) in [4.78, 5) is 20.3. The summed E-state index contributed by atoms with van der Waals surface area (Å²) in [6, 6.07) is 5.30.